The molecular formula is C18H15ClFNO3. The number of amides is 1. The van der Waals surface area contributed by atoms with Crippen molar-refractivity contribution >= 4 is 35.2 Å². The van der Waals surface area contributed by atoms with Crippen LogP contribution in [-0.2, 0) is 14.3 Å². The van der Waals surface area contributed by atoms with Gasteiger partial charge in [-0.25, -0.2) is 9.18 Å². The summed E-state index contributed by atoms with van der Waals surface area (Å²) in [5.74, 6) is -1.79. The summed E-state index contributed by atoms with van der Waals surface area (Å²) >= 11 is 5.85. The summed E-state index contributed by atoms with van der Waals surface area (Å²) in [6, 6.07) is 13.0. The Balaban J connectivity index is 1.94. The first-order valence-corrected chi connectivity index (χ1v) is 7.54. The Morgan fingerprint density at radius 1 is 1.17 bits per heavy atom. The number of para-hydroxylation sites is 1. The quantitative estimate of drug-likeness (QED) is 0.655. The van der Waals surface area contributed by atoms with Crippen LogP contribution in [0.5, 0.6) is 0 Å². The first-order valence-electron chi connectivity index (χ1n) is 7.16. The summed E-state index contributed by atoms with van der Waals surface area (Å²) in [4.78, 5) is 23.7. The first-order chi connectivity index (χ1) is 11.5. The van der Waals surface area contributed by atoms with E-state index in [0.717, 1.165) is 6.08 Å². The van der Waals surface area contributed by atoms with Crippen LogP contribution in [0.15, 0.2) is 54.6 Å². The Morgan fingerprint density at radius 3 is 2.54 bits per heavy atom. The van der Waals surface area contributed by atoms with Crippen molar-refractivity contribution in [2.75, 3.05) is 5.32 Å². The summed E-state index contributed by atoms with van der Waals surface area (Å²) in [5.41, 5.74) is 0.677. The molecule has 4 nitrogen and oxygen atoms in total. The Labute approximate surface area is 143 Å². The molecule has 0 aliphatic carbocycles. The van der Waals surface area contributed by atoms with Crippen molar-refractivity contribution < 1.29 is 18.7 Å². The van der Waals surface area contributed by atoms with E-state index in [1.165, 1.54) is 31.2 Å². The van der Waals surface area contributed by atoms with Crippen LogP contribution in [-0.4, -0.2) is 18.0 Å². The fourth-order valence-electron chi connectivity index (χ4n) is 1.85. The van der Waals surface area contributed by atoms with Crippen LogP contribution < -0.4 is 5.32 Å². The molecule has 0 aromatic heterocycles. The third-order valence-electron chi connectivity index (χ3n) is 3.09. The van der Waals surface area contributed by atoms with Gasteiger partial charge in [0.2, 0.25) is 0 Å². The lowest BCUT2D eigenvalue weighted by molar-refractivity contribution is -0.148. The third-order valence-corrected chi connectivity index (χ3v) is 3.42. The van der Waals surface area contributed by atoms with E-state index in [1.807, 2.05) is 6.07 Å². The van der Waals surface area contributed by atoms with E-state index in [4.69, 9.17) is 16.3 Å². The van der Waals surface area contributed by atoms with E-state index >= 15 is 0 Å². The number of ether oxygens (including phenoxy) is 1. The molecule has 2 rings (SSSR count). The van der Waals surface area contributed by atoms with Gasteiger partial charge in [-0.3, -0.25) is 4.79 Å². The zero-order chi connectivity index (χ0) is 17.5. The predicted molar refractivity (Wildman–Crippen MR) is 91.1 cm³/mol. The number of carbonyl (C=O) groups excluding carboxylic acids is 2. The normalized spacial score (nSPS) is 12.0. The monoisotopic (exact) mass is 347 g/mol. The minimum Gasteiger partial charge on any atom is -0.449 e. The zero-order valence-electron chi connectivity index (χ0n) is 12.8. The van der Waals surface area contributed by atoms with Crippen molar-refractivity contribution in [2.45, 2.75) is 13.0 Å². The maximum Gasteiger partial charge on any atom is 0.331 e. The van der Waals surface area contributed by atoms with Gasteiger partial charge in [-0.1, -0.05) is 35.9 Å². The number of hydrogen-bond donors (Lipinski definition) is 1. The van der Waals surface area contributed by atoms with Crippen molar-refractivity contribution in [1.29, 1.82) is 0 Å². The molecule has 1 N–H and O–H groups in total. The van der Waals surface area contributed by atoms with E-state index in [2.05, 4.69) is 5.32 Å². The smallest absolute Gasteiger partial charge is 0.331 e. The van der Waals surface area contributed by atoms with Crippen LogP contribution in [0.25, 0.3) is 6.08 Å². The molecule has 0 spiro atoms. The lowest BCUT2D eigenvalue weighted by Crippen LogP contribution is -2.29. The van der Waals surface area contributed by atoms with Crippen LogP contribution in [0.4, 0.5) is 10.1 Å². The second-order valence-corrected chi connectivity index (χ2v) is 5.31. The average Bonchev–Trinajstić information content (AvgIpc) is 2.55. The highest BCUT2D eigenvalue weighted by molar-refractivity contribution is 6.32. The van der Waals surface area contributed by atoms with Crippen LogP contribution in [0.2, 0.25) is 5.02 Å². The molecule has 0 aliphatic heterocycles. The first kappa shape index (κ1) is 17.7. The van der Waals surface area contributed by atoms with E-state index in [9.17, 15) is 14.0 Å². The maximum atomic E-state index is 13.6. The van der Waals surface area contributed by atoms with Crippen molar-refractivity contribution in [2.24, 2.45) is 0 Å². The number of nitrogens with one attached hydrogen (secondary N) is 1. The van der Waals surface area contributed by atoms with Gasteiger partial charge >= 0.3 is 5.97 Å². The molecule has 0 bridgehead atoms. The number of benzene rings is 2. The van der Waals surface area contributed by atoms with Gasteiger partial charge in [-0.05, 0) is 37.3 Å². The van der Waals surface area contributed by atoms with Crippen molar-refractivity contribution in [3.63, 3.8) is 0 Å². The molecule has 2 aromatic carbocycles. The molecule has 1 amide bonds. The molecule has 0 saturated carbocycles. The number of carbonyl (C=O) groups is 2. The van der Waals surface area contributed by atoms with Gasteiger partial charge in [0.15, 0.2) is 6.10 Å². The van der Waals surface area contributed by atoms with Gasteiger partial charge in [0, 0.05) is 17.3 Å². The van der Waals surface area contributed by atoms with Gasteiger partial charge in [0.25, 0.3) is 5.91 Å². The molecule has 0 unspecified atom stereocenters. The number of rotatable bonds is 5. The zero-order valence-corrected chi connectivity index (χ0v) is 13.6. The maximum absolute atomic E-state index is 13.6. The molecular weight excluding hydrogens is 333 g/mol. The molecule has 0 heterocycles. The van der Waals surface area contributed by atoms with Gasteiger partial charge in [0.1, 0.15) is 5.82 Å². The van der Waals surface area contributed by atoms with E-state index < -0.39 is 23.8 Å². The number of anilines is 1. The molecule has 0 aliphatic rings. The Morgan fingerprint density at radius 2 is 1.88 bits per heavy atom. The van der Waals surface area contributed by atoms with Gasteiger partial charge in [-0.2, -0.15) is 0 Å². The van der Waals surface area contributed by atoms with Crippen molar-refractivity contribution in [3.05, 3.63) is 71.0 Å². The molecule has 0 radical (unpaired) electrons. The van der Waals surface area contributed by atoms with Crippen LogP contribution in [0.3, 0.4) is 0 Å². The van der Waals surface area contributed by atoms with E-state index in [-0.39, 0.29) is 10.6 Å². The summed E-state index contributed by atoms with van der Waals surface area (Å²) in [6.45, 7) is 1.44. The highest BCUT2D eigenvalue weighted by Gasteiger charge is 2.16. The topological polar surface area (TPSA) is 55.4 Å². The van der Waals surface area contributed by atoms with Crippen LogP contribution in [0, 0.1) is 5.82 Å². The molecule has 1 atom stereocenters. The SMILES string of the molecule is C[C@H](OC(=O)/C=C/c1c(F)cccc1Cl)C(=O)Nc1ccccc1. The number of hydrogen-bond acceptors (Lipinski definition) is 3. The van der Waals surface area contributed by atoms with Crippen LogP contribution >= 0.6 is 11.6 Å². The number of esters is 1. The van der Waals surface area contributed by atoms with Crippen LogP contribution in [0.1, 0.15) is 12.5 Å². The molecule has 124 valence electrons. The molecule has 24 heavy (non-hydrogen) atoms. The second-order valence-electron chi connectivity index (χ2n) is 4.90. The summed E-state index contributed by atoms with van der Waals surface area (Å²) in [7, 11) is 0. The van der Waals surface area contributed by atoms with Gasteiger partial charge < -0.3 is 10.1 Å². The molecule has 0 saturated heterocycles. The predicted octanol–water partition coefficient (Wildman–Crippen LogP) is 4.06. The van der Waals surface area contributed by atoms with Crippen molar-refractivity contribution in [3.8, 4) is 0 Å². The fourth-order valence-corrected chi connectivity index (χ4v) is 2.08. The molecule has 2 aromatic rings. The van der Waals surface area contributed by atoms with Gasteiger partial charge in [-0.15, -0.1) is 0 Å². The highest BCUT2D eigenvalue weighted by atomic mass is 35.5. The Bertz CT molecular complexity index is 742. The highest BCUT2D eigenvalue weighted by Crippen LogP contribution is 2.20. The summed E-state index contributed by atoms with van der Waals surface area (Å²) < 4.78 is 18.6. The van der Waals surface area contributed by atoms with E-state index in [0.29, 0.717) is 5.69 Å². The summed E-state index contributed by atoms with van der Waals surface area (Å²) in [5, 5.41) is 2.79. The molecule has 6 heteroatoms. The minimum atomic E-state index is -1.00. The Hall–Kier alpha value is -2.66. The molecule has 0 fully saturated rings. The average molecular weight is 348 g/mol. The van der Waals surface area contributed by atoms with E-state index in [1.54, 1.807) is 24.3 Å². The second kappa shape index (κ2) is 8.26. The third kappa shape index (κ3) is 4.93. The fraction of sp³-hybridized carbons (Fsp3) is 0.111. The van der Waals surface area contributed by atoms with Crippen molar-refractivity contribution in [1.82, 2.24) is 0 Å². The largest absolute Gasteiger partial charge is 0.449 e. The number of halogens is 2. The summed E-state index contributed by atoms with van der Waals surface area (Å²) in [6.07, 6.45) is 1.23. The lowest BCUT2D eigenvalue weighted by Gasteiger charge is -2.12. The minimum absolute atomic E-state index is 0.0810. The standard InChI is InChI=1S/C18H15ClFNO3/c1-12(18(23)21-13-6-3-2-4-7-13)24-17(22)11-10-14-15(19)8-5-9-16(14)20/h2-12H,1H3,(H,21,23)/b11-10+/t12-/m0/s1. The van der Waals surface area contributed by atoms with Gasteiger partial charge in [0.05, 0.1) is 5.02 Å². The Kier molecular flexibility index (Phi) is 6.09. The lowest BCUT2D eigenvalue weighted by atomic mass is 10.2.